The maximum absolute atomic E-state index is 12.4. The van der Waals surface area contributed by atoms with Crippen LogP contribution >= 0.6 is 0 Å². The van der Waals surface area contributed by atoms with Crippen molar-refractivity contribution in [3.05, 3.63) is 59.7 Å². The molecule has 3 N–H and O–H groups in total. The fourth-order valence-corrected chi connectivity index (χ4v) is 2.81. The van der Waals surface area contributed by atoms with E-state index in [0.29, 0.717) is 5.76 Å². The zero-order valence-electron chi connectivity index (χ0n) is 15.0. The number of benzene rings is 1. The van der Waals surface area contributed by atoms with Crippen molar-refractivity contribution in [2.24, 2.45) is 0 Å². The van der Waals surface area contributed by atoms with E-state index in [1.165, 1.54) is 0 Å². The number of aliphatic carboxylic acids is 1. The number of para-hydroxylation sites is 1. The van der Waals surface area contributed by atoms with Gasteiger partial charge in [-0.15, -0.1) is 0 Å². The lowest BCUT2D eigenvalue weighted by molar-refractivity contribution is -0.139. The van der Waals surface area contributed by atoms with Crippen molar-refractivity contribution in [1.82, 2.24) is 10.3 Å². The van der Waals surface area contributed by atoms with Crippen molar-refractivity contribution in [2.75, 3.05) is 0 Å². The summed E-state index contributed by atoms with van der Waals surface area (Å²) in [6.07, 6.45) is 1.95. The van der Waals surface area contributed by atoms with E-state index in [4.69, 9.17) is 4.42 Å². The minimum Gasteiger partial charge on any atom is -0.480 e. The first-order chi connectivity index (χ1) is 12.3. The molecule has 1 amide bonds. The number of rotatable bonds is 5. The molecule has 0 unspecified atom stereocenters. The zero-order valence-corrected chi connectivity index (χ0v) is 15.0. The number of hydrogen-bond acceptors (Lipinski definition) is 3. The zero-order chi connectivity index (χ0) is 18.9. The van der Waals surface area contributed by atoms with E-state index in [1.54, 1.807) is 18.3 Å². The first kappa shape index (κ1) is 17.8. The van der Waals surface area contributed by atoms with Gasteiger partial charge >= 0.3 is 5.97 Å². The first-order valence-corrected chi connectivity index (χ1v) is 8.44. The Balaban J connectivity index is 1.77. The summed E-state index contributed by atoms with van der Waals surface area (Å²) in [6.45, 7) is 5.93. The van der Waals surface area contributed by atoms with Crippen molar-refractivity contribution in [2.45, 2.75) is 38.6 Å². The lowest BCUT2D eigenvalue weighted by Crippen LogP contribution is -2.42. The Bertz CT molecular complexity index is 946. The summed E-state index contributed by atoms with van der Waals surface area (Å²) < 4.78 is 5.58. The van der Waals surface area contributed by atoms with Crippen LogP contribution in [-0.2, 0) is 16.6 Å². The van der Waals surface area contributed by atoms with Gasteiger partial charge in [0.05, 0.1) is 0 Å². The second kappa shape index (κ2) is 6.71. The molecule has 0 fully saturated rings. The van der Waals surface area contributed by atoms with Crippen LogP contribution in [0.25, 0.3) is 10.9 Å². The molecular formula is C20H22N2O4. The van der Waals surface area contributed by atoms with Crippen LogP contribution in [0.4, 0.5) is 0 Å². The topological polar surface area (TPSA) is 95.3 Å². The highest BCUT2D eigenvalue weighted by Crippen LogP contribution is 2.24. The summed E-state index contributed by atoms with van der Waals surface area (Å²) in [5, 5.41) is 13.0. The smallest absolute Gasteiger partial charge is 0.326 e. The quantitative estimate of drug-likeness (QED) is 0.653. The fraction of sp³-hybridized carbons (Fsp3) is 0.300. The van der Waals surface area contributed by atoms with E-state index in [9.17, 15) is 14.7 Å². The predicted molar refractivity (Wildman–Crippen MR) is 98.3 cm³/mol. The molecular weight excluding hydrogens is 332 g/mol. The largest absolute Gasteiger partial charge is 0.480 e. The number of aromatic nitrogens is 1. The van der Waals surface area contributed by atoms with Gasteiger partial charge in [-0.05, 0) is 23.8 Å². The molecule has 0 spiro atoms. The molecule has 2 heterocycles. The van der Waals surface area contributed by atoms with Crippen LogP contribution in [0.3, 0.4) is 0 Å². The molecule has 1 aromatic carbocycles. The molecule has 0 radical (unpaired) electrons. The normalized spacial score (nSPS) is 12.9. The molecule has 2 aromatic heterocycles. The number of hydrogen-bond donors (Lipinski definition) is 3. The Kier molecular flexibility index (Phi) is 4.59. The maximum Gasteiger partial charge on any atom is 0.326 e. The van der Waals surface area contributed by atoms with Crippen molar-refractivity contribution in [3.8, 4) is 0 Å². The highest BCUT2D eigenvalue weighted by molar-refractivity contribution is 5.94. The minimum atomic E-state index is -1.09. The summed E-state index contributed by atoms with van der Waals surface area (Å²) in [6, 6.07) is 9.90. The van der Waals surface area contributed by atoms with Crippen LogP contribution in [0.1, 0.15) is 42.6 Å². The second-order valence-corrected chi connectivity index (χ2v) is 7.34. The van der Waals surface area contributed by atoms with Gasteiger partial charge in [0.2, 0.25) is 0 Å². The lowest BCUT2D eigenvalue weighted by Gasteiger charge is -2.15. The molecule has 0 bridgehead atoms. The molecule has 136 valence electrons. The van der Waals surface area contributed by atoms with E-state index in [-0.39, 0.29) is 17.6 Å². The number of furan rings is 1. The predicted octanol–water partition coefficient (Wildman–Crippen LogP) is 3.48. The third-order valence-electron chi connectivity index (χ3n) is 4.27. The fourth-order valence-electron chi connectivity index (χ4n) is 2.81. The second-order valence-electron chi connectivity index (χ2n) is 7.34. The molecule has 0 aliphatic rings. The van der Waals surface area contributed by atoms with Gasteiger partial charge in [0.25, 0.3) is 5.91 Å². The third-order valence-corrected chi connectivity index (χ3v) is 4.27. The number of nitrogens with one attached hydrogen (secondary N) is 2. The molecule has 3 aromatic rings. The number of aromatic amines is 1. The van der Waals surface area contributed by atoms with Crippen molar-refractivity contribution in [1.29, 1.82) is 0 Å². The third kappa shape index (κ3) is 3.64. The highest BCUT2D eigenvalue weighted by atomic mass is 16.4. The number of H-pyrrole nitrogens is 1. The van der Waals surface area contributed by atoms with Crippen LogP contribution < -0.4 is 5.32 Å². The van der Waals surface area contributed by atoms with Crippen LogP contribution in [0.2, 0.25) is 0 Å². The standard InChI is InChI=1S/C20H22N2O4/c1-20(2,3)17-9-8-16(26-17)18(23)22-15(19(24)25)10-12-11-21-14-7-5-4-6-13(12)14/h4-9,11,15,21H,10H2,1-3H3,(H,22,23)(H,24,25)/t15-/m1/s1. The number of carbonyl (C=O) groups excluding carboxylic acids is 1. The Hall–Kier alpha value is -3.02. The van der Waals surface area contributed by atoms with E-state index in [1.807, 2.05) is 45.0 Å². The van der Waals surface area contributed by atoms with E-state index < -0.39 is 17.9 Å². The average Bonchev–Trinajstić information content (AvgIpc) is 3.21. The van der Waals surface area contributed by atoms with Crippen molar-refractivity contribution in [3.63, 3.8) is 0 Å². The Morgan fingerprint density at radius 2 is 1.92 bits per heavy atom. The van der Waals surface area contributed by atoms with Crippen LogP contribution in [-0.4, -0.2) is 28.0 Å². The van der Waals surface area contributed by atoms with Crippen LogP contribution in [0.15, 0.2) is 47.0 Å². The van der Waals surface area contributed by atoms with Crippen molar-refractivity contribution < 1.29 is 19.1 Å². The molecule has 0 aliphatic heterocycles. The summed E-state index contributed by atoms with van der Waals surface area (Å²) in [5.74, 6) is -0.842. The Morgan fingerprint density at radius 1 is 1.19 bits per heavy atom. The van der Waals surface area contributed by atoms with Crippen LogP contribution in [0.5, 0.6) is 0 Å². The van der Waals surface area contributed by atoms with Gasteiger partial charge in [-0.1, -0.05) is 39.0 Å². The van der Waals surface area contributed by atoms with Gasteiger partial charge in [-0.3, -0.25) is 4.79 Å². The highest BCUT2D eigenvalue weighted by Gasteiger charge is 2.25. The van der Waals surface area contributed by atoms with E-state index >= 15 is 0 Å². The number of amides is 1. The minimum absolute atomic E-state index is 0.111. The molecule has 0 saturated heterocycles. The first-order valence-electron chi connectivity index (χ1n) is 8.44. The summed E-state index contributed by atoms with van der Waals surface area (Å²) in [5.41, 5.74) is 1.54. The van der Waals surface area contributed by atoms with Gasteiger partial charge in [0.15, 0.2) is 5.76 Å². The molecule has 6 heteroatoms. The van der Waals surface area contributed by atoms with E-state index in [2.05, 4.69) is 10.3 Å². The Morgan fingerprint density at radius 3 is 2.58 bits per heavy atom. The number of carbonyl (C=O) groups is 2. The molecule has 6 nitrogen and oxygen atoms in total. The lowest BCUT2D eigenvalue weighted by atomic mass is 9.94. The number of fused-ring (bicyclic) bond motifs is 1. The van der Waals surface area contributed by atoms with Gasteiger partial charge < -0.3 is 19.8 Å². The SMILES string of the molecule is CC(C)(C)c1ccc(C(=O)N[C@H](Cc2c[nH]c3ccccc23)C(=O)O)o1. The molecule has 3 rings (SSSR count). The maximum atomic E-state index is 12.4. The van der Waals surface area contributed by atoms with E-state index in [0.717, 1.165) is 16.5 Å². The van der Waals surface area contributed by atoms with Gasteiger partial charge in [-0.2, -0.15) is 0 Å². The molecule has 26 heavy (non-hydrogen) atoms. The Labute approximate surface area is 151 Å². The summed E-state index contributed by atoms with van der Waals surface area (Å²) in [7, 11) is 0. The van der Waals surface area contributed by atoms with Crippen LogP contribution in [0, 0.1) is 0 Å². The summed E-state index contributed by atoms with van der Waals surface area (Å²) >= 11 is 0. The number of carboxylic acids is 1. The monoisotopic (exact) mass is 354 g/mol. The molecule has 0 aliphatic carbocycles. The van der Waals surface area contributed by atoms with Gasteiger partial charge in [0, 0.05) is 28.9 Å². The molecule has 0 saturated carbocycles. The molecule has 1 atom stereocenters. The number of carboxylic acid groups (broad SMARTS) is 1. The van der Waals surface area contributed by atoms with Gasteiger partial charge in [-0.25, -0.2) is 4.79 Å². The van der Waals surface area contributed by atoms with Gasteiger partial charge in [0.1, 0.15) is 11.8 Å². The average molecular weight is 354 g/mol. The summed E-state index contributed by atoms with van der Waals surface area (Å²) in [4.78, 5) is 27.2. The van der Waals surface area contributed by atoms with Crippen molar-refractivity contribution >= 4 is 22.8 Å².